The summed E-state index contributed by atoms with van der Waals surface area (Å²) in [6.45, 7) is 1.91. The summed E-state index contributed by atoms with van der Waals surface area (Å²) in [6.07, 6.45) is 0. The largest absolute Gasteiger partial charge is 0.461 e. The molecule has 4 heteroatoms. The van der Waals surface area contributed by atoms with E-state index in [-0.39, 0.29) is 0 Å². The molecule has 0 saturated heterocycles. The predicted molar refractivity (Wildman–Crippen MR) is 48.8 cm³/mol. The summed E-state index contributed by atoms with van der Waals surface area (Å²) < 4.78 is 8.90. The van der Waals surface area contributed by atoms with Crippen molar-refractivity contribution in [3.63, 3.8) is 0 Å². The smallest absolute Gasteiger partial charge is 0.422 e. The topological polar surface area (TPSA) is 52.6 Å². The number of hydrogen-bond donors (Lipinski definition) is 0. The lowest BCUT2D eigenvalue weighted by molar-refractivity contribution is -0.160. The minimum atomic E-state index is -1.02. The predicted octanol–water partition coefficient (Wildman–Crippen LogP) is 1.07. The maximum Gasteiger partial charge on any atom is 0.422 e. The number of aryl methyl sites for hydroxylation is 1. The second-order valence-corrected chi connectivity index (χ2v) is 2.69. The first kappa shape index (κ1) is 10.2. The Kier molecular flexibility index (Phi) is 3.23. The number of esters is 2. The Bertz CT molecular complexity index is 340. The van der Waals surface area contributed by atoms with Gasteiger partial charge in [0, 0.05) is 0 Å². The first-order valence-electron chi connectivity index (χ1n) is 4.00. The summed E-state index contributed by atoms with van der Waals surface area (Å²) in [5.74, 6) is -1.70. The van der Waals surface area contributed by atoms with Gasteiger partial charge in [-0.25, -0.2) is 9.59 Å². The minimum Gasteiger partial charge on any atom is -0.461 e. The monoisotopic (exact) mass is 194 g/mol. The average Bonchev–Trinajstić information content (AvgIpc) is 2.20. The number of ether oxygens (including phenoxy) is 2. The second kappa shape index (κ2) is 4.41. The molecule has 74 valence electrons. The molecule has 0 fully saturated rings. The van der Waals surface area contributed by atoms with Crippen molar-refractivity contribution in [2.45, 2.75) is 6.92 Å². The van der Waals surface area contributed by atoms with Gasteiger partial charge in [0.05, 0.1) is 7.11 Å². The highest BCUT2D eigenvalue weighted by atomic mass is 16.6. The zero-order valence-electron chi connectivity index (χ0n) is 7.94. The molecule has 0 bridgehead atoms. The molecule has 1 rings (SSSR count). The van der Waals surface area contributed by atoms with Gasteiger partial charge >= 0.3 is 11.9 Å². The van der Waals surface area contributed by atoms with Gasteiger partial charge in [-0.3, -0.25) is 0 Å². The Labute approximate surface area is 81.4 Å². The first-order chi connectivity index (χ1) is 6.63. The van der Waals surface area contributed by atoms with E-state index in [0.29, 0.717) is 5.75 Å². The van der Waals surface area contributed by atoms with Crippen LogP contribution in [0.1, 0.15) is 5.56 Å². The molecule has 4 nitrogen and oxygen atoms in total. The standard InChI is InChI=1S/C10H10O4/c1-7-3-5-8(6-4-7)14-10(12)9(11)13-2/h3-6H,1-2H3. The Hall–Kier alpha value is -1.84. The van der Waals surface area contributed by atoms with Crippen LogP contribution < -0.4 is 4.74 Å². The van der Waals surface area contributed by atoms with Gasteiger partial charge in [0.1, 0.15) is 5.75 Å². The van der Waals surface area contributed by atoms with E-state index in [1.807, 2.05) is 6.92 Å². The van der Waals surface area contributed by atoms with E-state index < -0.39 is 11.9 Å². The maximum absolute atomic E-state index is 10.9. The lowest BCUT2D eigenvalue weighted by Crippen LogP contribution is -2.21. The van der Waals surface area contributed by atoms with Crippen molar-refractivity contribution in [3.8, 4) is 5.75 Å². The van der Waals surface area contributed by atoms with E-state index in [2.05, 4.69) is 4.74 Å². The van der Waals surface area contributed by atoms with Crippen LogP contribution >= 0.6 is 0 Å². The molecule has 0 aliphatic rings. The molecule has 0 amide bonds. The number of carbonyl (C=O) groups is 2. The first-order valence-corrected chi connectivity index (χ1v) is 4.00. The number of benzene rings is 1. The van der Waals surface area contributed by atoms with Gasteiger partial charge in [0.15, 0.2) is 0 Å². The highest BCUT2D eigenvalue weighted by molar-refractivity contribution is 6.30. The summed E-state index contributed by atoms with van der Waals surface area (Å²) in [6, 6.07) is 6.77. The van der Waals surface area contributed by atoms with Gasteiger partial charge in [0.2, 0.25) is 0 Å². The van der Waals surface area contributed by atoms with Gasteiger partial charge in [-0.05, 0) is 19.1 Å². The Morgan fingerprint density at radius 3 is 2.14 bits per heavy atom. The molecule has 14 heavy (non-hydrogen) atoms. The quantitative estimate of drug-likeness (QED) is 0.381. The Morgan fingerprint density at radius 2 is 1.64 bits per heavy atom. The van der Waals surface area contributed by atoms with Crippen LogP contribution in [0.3, 0.4) is 0 Å². The molecule has 0 aliphatic heterocycles. The number of carbonyl (C=O) groups excluding carboxylic acids is 2. The lowest BCUT2D eigenvalue weighted by atomic mass is 10.2. The molecule has 0 saturated carbocycles. The van der Waals surface area contributed by atoms with Crippen molar-refractivity contribution in [2.24, 2.45) is 0 Å². The third-order valence-electron chi connectivity index (χ3n) is 1.58. The third-order valence-corrected chi connectivity index (χ3v) is 1.58. The molecule has 1 aromatic rings. The van der Waals surface area contributed by atoms with Crippen molar-refractivity contribution in [3.05, 3.63) is 29.8 Å². The van der Waals surface area contributed by atoms with Crippen LogP contribution in [0.2, 0.25) is 0 Å². The van der Waals surface area contributed by atoms with Gasteiger partial charge < -0.3 is 9.47 Å². The summed E-state index contributed by atoms with van der Waals surface area (Å²) in [7, 11) is 1.12. The van der Waals surface area contributed by atoms with Gasteiger partial charge in [-0.1, -0.05) is 17.7 Å². The van der Waals surface area contributed by atoms with E-state index in [4.69, 9.17) is 4.74 Å². The fourth-order valence-corrected chi connectivity index (χ4v) is 0.838. The molecule has 0 radical (unpaired) electrons. The highest BCUT2D eigenvalue weighted by Crippen LogP contribution is 2.11. The van der Waals surface area contributed by atoms with Gasteiger partial charge in [-0.2, -0.15) is 0 Å². The van der Waals surface area contributed by atoms with Gasteiger partial charge in [-0.15, -0.1) is 0 Å². The zero-order chi connectivity index (χ0) is 10.6. The van der Waals surface area contributed by atoms with Crippen LogP contribution in [-0.4, -0.2) is 19.0 Å². The van der Waals surface area contributed by atoms with Crippen LogP contribution in [0.25, 0.3) is 0 Å². The molecule has 0 atom stereocenters. The fraction of sp³-hybridized carbons (Fsp3) is 0.200. The SMILES string of the molecule is COC(=O)C(=O)Oc1ccc(C)cc1. The van der Waals surface area contributed by atoms with E-state index >= 15 is 0 Å². The highest BCUT2D eigenvalue weighted by Gasteiger charge is 2.16. The second-order valence-electron chi connectivity index (χ2n) is 2.69. The fourth-order valence-electron chi connectivity index (χ4n) is 0.838. The number of methoxy groups -OCH3 is 1. The van der Waals surface area contributed by atoms with Crippen LogP contribution in [0.15, 0.2) is 24.3 Å². The molecule has 1 aromatic carbocycles. The van der Waals surface area contributed by atoms with Crippen molar-refractivity contribution in [1.29, 1.82) is 0 Å². The van der Waals surface area contributed by atoms with Gasteiger partial charge in [0.25, 0.3) is 0 Å². The minimum absolute atomic E-state index is 0.325. The summed E-state index contributed by atoms with van der Waals surface area (Å²) in [5.41, 5.74) is 1.04. The number of hydrogen-bond acceptors (Lipinski definition) is 4. The molecular weight excluding hydrogens is 184 g/mol. The van der Waals surface area contributed by atoms with E-state index in [9.17, 15) is 9.59 Å². The number of rotatable bonds is 1. The van der Waals surface area contributed by atoms with E-state index in [1.54, 1.807) is 24.3 Å². The summed E-state index contributed by atoms with van der Waals surface area (Å²) >= 11 is 0. The van der Waals surface area contributed by atoms with Crippen LogP contribution in [-0.2, 0) is 14.3 Å². The molecule has 0 spiro atoms. The molecule has 0 heterocycles. The molecule has 0 N–H and O–H groups in total. The van der Waals surface area contributed by atoms with Crippen molar-refractivity contribution < 1.29 is 19.1 Å². The normalized spacial score (nSPS) is 9.29. The lowest BCUT2D eigenvalue weighted by Gasteiger charge is -2.02. The van der Waals surface area contributed by atoms with Crippen molar-refractivity contribution >= 4 is 11.9 Å². The summed E-state index contributed by atoms with van der Waals surface area (Å²) in [5, 5.41) is 0. The molecule has 0 unspecified atom stereocenters. The molecule has 0 aliphatic carbocycles. The Morgan fingerprint density at radius 1 is 1.07 bits per heavy atom. The van der Waals surface area contributed by atoms with Crippen molar-refractivity contribution in [1.82, 2.24) is 0 Å². The Balaban J connectivity index is 2.65. The zero-order valence-corrected chi connectivity index (χ0v) is 7.94. The third kappa shape index (κ3) is 2.58. The van der Waals surface area contributed by atoms with Crippen LogP contribution in [0.5, 0.6) is 5.75 Å². The van der Waals surface area contributed by atoms with Crippen LogP contribution in [0, 0.1) is 6.92 Å². The van der Waals surface area contributed by atoms with Crippen molar-refractivity contribution in [2.75, 3.05) is 7.11 Å². The summed E-state index contributed by atoms with van der Waals surface area (Å²) in [4.78, 5) is 21.6. The molecule has 0 aromatic heterocycles. The van der Waals surface area contributed by atoms with Crippen LogP contribution in [0.4, 0.5) is 0 Å². The van der Waals surface area contributed by atoms with E-state index in [0.717, 1.165) is 12.7 Å². The average molecular weight is 194 g/mol. The van der Waals surface area contributed by atoms with E-state index in [1.165, 1.54) is 0 Å². The maximum atomic E-state index is 10.9. The molecular formula is C10H10O4.